The Hall–Kier alpha value is 0.761. The van der Waals surface area contributed by atoms with Crippen molar-refractivity contribution in [3.8, 4) is 0 Å². The summed E-state index contributed by atoms with van der Waals surface area (Å²) in [7, 11) is 0. The third-order valence-electron chi connectivity index (χ3n) is 2.54. The molecule has 3 nitrogen and oxygen atoms in total. The fourth-order valence-corrected chi connectivity index (χ4v) is 1.90. The molecule has 1 rings (SSSR count). The van der Waals surface area contributed by atoms with E-state index in [0.717, 1.165) is 0 Å². The Bertz CT molecular complexity index is 294. The minimum atomic E-state index is -4.77. The molecule has 1 fully saturated rings. The standard InChI is InChI=1S/C10H18BF3NO2.K/c1-10(2,3)17-9(16)15-5-4-8(7-15)6-11(12,13)14;/h8H,4-7H2,1-3H3;/q-1;+1. The van der Waals surface area contributed by atoms with Crippen molar-refractivity contribution in [2.24, 2.45) is 5.92 Å². The molecular weight excluding hydrogens is 273 g/mol. The zero-order valence-corrected chi connectivity index (χ0v) is 14.5. The molecule has 100 valence electrons. The van der Waals surface area contributed by atoms with Gasteiger partial charge in [0.25, 0.3) is 0 Å². The van der Waals surface area contributed by atoms with E-state index in [-0.39, 0.29) is 57.9 Å². The van der Waals surface area contributed by atoms with Gasteiger partial charge in [0.1, 0.15) is 5.60 Å². The first-order valence-corrected chi connectivity index (χ1v) is 5.76. The average molecular weight is 291 g/mol. The van der Waals surface area contributed by atoms with Gasteiger partial charge in [-0.05, 0) is 33.1 Å². The van der Waals surface area contributed by atoms with Crippen LogP contribution >= 0.6 is 0 Å². The van der Waals surface area contributed by atoms with Crippen molar-refractivity contribution in [2.75, 3.05) is 13.1 Å². The fourth-order valence-electron chi connectivity index (χ4n) is 1.90. The van der Waals surface area contributed by atoms with E-state index in [4.69, 9.17) is 4.74 Å². The van der Waals surface area contributed by atoms with Crippen molar-refractivity contribution < 1.29 is 73.9 Å². The third kappa shape index (κ3) is 7.37. The summed E-state index contributed by atoms with van der Waals surface area (Å²) in [5.41, 5.74) is -0.608. The molecule has 8 heteroatoms. The number of likely N-dealkylation sites (tertiary alicyclic amines) is 1. The van der Waals surface area contributed by atoms with Gasteiger partial charge in [0, 0.05) is 13.1 Å². The fraction of sp³-hybridized carbons (Fsp3) is 0.900. The molecular formula is C10H18BF3KNO2. The normalized spacial score (nSPS) is 20.6. The predicted octanol–water partition coefficient (Wildman–Crippen LogP) is 0.0948. The molecule has 1 atom stereocenters. The second-order valence-corrected chi connectivity index (χ2v) is 5.53. The van der Waals surface area contributed by atoms with E-state index in [1.165, 1.54) is 4.90 Å². The molecule has 0 aromatic carbocycles. The molecule has 0 aromatic rings. The number of halogens is 3. The molecule has 0 N–H and O–H groups in total. The summed E-state index contributed by atoms with van der Waals surface area (Å²) in [6, 6.07) is 0. The van der Waals surface area contributed by atoms with Gasteiger partial charge in [0.05, 0.1) is 0 Å². The van der Waals surface area contributed by atoms with Crippen molar-refractivity contribution in [3.05, 3.63) is 0 Å². The van der Waals surface area contributed by atoms with E-state index in [2.05, 4.69) is 0 Å². The Morgan fingerprint density at radius 3 is 2.39 bits per heavy atom. The SMILES string of the molecule is CC(C)(C)OC(=O)N1CCC(C[B-](F)(F)F)C1.[K+]. The molecule has 18 heavy (non-hydrogen) atoms. The Kier molecular flexibility index (Phi) is 7.26. The van der Waals surface area contributed by atoms with Gasteiger partial charge in [-0.25, -0.2) is 4.79 Å². The summed E-state index contributed by atoms with van der Waals surface area (Å²) >= 11 is 0. The van der Waals surface area contributed by atoms with Crippen molar-refractivity contribution in [1.82, 2.24) is 4.90 Å². The van der Waals surface area contributed by atoms with Crippen LogP contribution in [0.15, 0.2) is 0 Å². The average Bonchev–Trinajstić information content (AvgIpc) is 2.45. The number of hydrogen-bond acceptors (Lipinski definition) is 2. The van der Waals surface area contributed by atoms with Gasteiger partial charge in [0.15, 0.2) is 0 Å². The number of carbonyl (C=O) groups excluding carboxylic acids is 1. The van der Waals surface area contributed by atoms with Crippen LogP contribution in [-0.2, 0) is 4.74 Å². The van der Waals surface area contributed by atoms with E-state index in [0.29, 0.717) is 13.0 Å². The van der Waals surface area contributed by atoms with Crippen LogP contribution in [0.3, 0.4) is 0 Å². The maximum absolute atomic E-state index is 12.2. The molecule has 1 aliphatic rings. The summed E-state index contributed by atoms with van der Waals surface area (Å²) in [4.78, 5) is 13.0. The van der Waals surface area contributed by atoms with Crippen molar-refractivity contribution in [1.29, 1.82) is 0 Å². The van der Waals surface area contributed by atoms with E-state index < -0.39 is 30.9 Å². The molecule has 0 aliphatic carbocycles. The van der Waals surface area contributed by atoms with Crippen LogP contribution in [0.2, 0.25) is 6.32 Å². The van der Waals surface area contributed by atoms with Gasteiger partial charge in [-0.15, -0.1) is 0 Å². The van der Waals surface area contributed by atoms with Crippen LogP contribution in [0.25, 0.3) is 0 Å². The van der Waals surface area contributed by atoms with Crippen molar-refractivity contribution in [2.45, 2.75) is 39.1 Å². The topological polar surface area (TPSA) is 29.5 Å². The van der Waals surface area contributed by atoms with Gasteiger partial charge < -0.3 is 22.6 Å². The number of amides is 1. The van der Waals surface area contributed by atoms with Crippen LogP contribution in [0.1, 0.15) is 27.2 Å². The monoisotopic (exact) mass is 291 g/mol. The minimum absolute atomic E-state index is 0. The van der Waals surface area contributed by atoms with E-state index in [1.807, 2.05) is 0 Å². The Morgan fingerprint density at radius 1 is 1.39 bits per heavy atom. The first-order chi connectivity index (χ1) is 7.57. The van der Waals surface area contributed by atoms with E-state index in [1.54, 1.807) is 20.8 Å². The molecule has 0 aromatic heterocycles. The molecule has 1 heterocycles. The molecule has 0 spiro atoms. The second kappa shape index (κ2) is 6.97. The Labute approximate surface area is 148 Å². The first-order valence-electron chi connectivity index (χ1n) is 5.76. The predicted molar refractivity (Wildman–Crippen MR) is 59.8 cm³/mol. The maximum atomic E-state index is 12.2. The zero-order chi connectivity index (χ0) is 13.3. The molecule has 0 bridgehead atoms. The Morgan fingerprint density at radius 2 is 1.94 bits per heavy atom. The second-order valence-electron chi connectivity index (χ2n) is 5.53. The summed E-state index contributed by atoms with van der Waals surface area (Å²) in [6.07, 6.45) is -0.880. The summed E-state index contributed by atoms with van der Waals surface area (Å²) < 4.78 is 41.8. The van der Waals surface area contributed by atoms with E-state index in [9.17, 15) is 17.7 Å². The van der Waals surface area contributed by atoms with Crippen LogP contribution in [0.4, 0.5) is 17.7 Å². The minimum Gasteiger partial charge on any atom is -0.449 e. The molecule has 1 amide bonds. The smallest absolute Gasteiger partial charge is 0.449 e. The zero-order valence-electron chi connectivity index (χ0n) is 11.4. The largest absolute Gasteiger partial charge is 1.00 e. The number of ether oxygens (including phenoxy) is 1. The van der Waals surface area contributed by atoms with Crippen LogP contribution in [0.5, 0.6) is 0 Å². The molecule has 1 unspecified atom stereocenters. The van der Waals surface area contributed by atoms with Crippen LogP contribution in [-0.4, -0.2) is 36.7 Å². The van der Waals surface area contributed by atoms with Gasteiger partial charge >= 0.3 is 64.5 Å². The third-order valence-corrected chi connectivity index (χ3v) is 2.54. The molecule has 1 saturated heterocycles. The van der Waals surface area contributed by atoms with Gasteiger partial charge in [-0.1, -0.05) is 6.32 Å². The number of carbonyl (C=O) groups is 1. The maximum Gasteiger partial charge on any atom is 1.00 e. The molecule has 0 saturated carbocycles. The summed E-state index contributed by atoms with van der Waals surface area (Å²) in [6.45, 7) is 0.935. The van der Waals surface area contributed by atoms with Crippen molar-refractivity contribution in [3.63, 3.8) is 0 Å². The van der Waals surface area contributed by atoms with Gasteiger partial charge in [-0.2, -0.15) is 0 Å². The van der Waals surface area contributed by atoms with Crippen LogP contribution in [0, 0.1) is 5.92 Å². The van der Waals surface area contributed by atoms with Gasteiger partial charge in [-0.3, -0.25) is 0 Å². The van der Waals surface area contributed by atoms with E-state index >= 15 is 0 Å². The number of hydrogen-bond donors (Lipinski definition) is 0. The molecule has 1 aliphatic heterocycles. The van der Waals surface area contributed by atoms with Gasteiger partial charge in [0.2, 0.25) is 0 Å². The Balaban J connectivity index is 0.00000289. The number of rotatable bonds is 2. The first kappa shape index (κ1) is 18.8. The number of nitrogens with zero attached hydrogens (tertiary/aromatic N) is 1. The quantitative estimate of drug-likeness (QED) is 0.675. The summed E-state index contributed by atoms with van der Waals surface area (Å²) in [5, 5.41) is 0. The van der Waals surface area contributed by atoms with Crippen LogP contribution < -0.4 is 51.4 Å². The summed E-state index contributed by atoms with van der Waals surface area (Å²) in [5.74, 6) is -0.470. The molecule has 0 radical (unpaired) electrons. The van der Waals surface area contributed by atoms with Crippen molar-refractivity contribution >= 4 is 13.1 Å².